The van der Waals surface area contributed by atoms with Gasteiger partial charge >= 0.3 is 0 Å². The van der Waals surface area contributed by atoms with Crippen molar-refractivity contribution in [3.05, 3.63) is 52.0 Å². The van der Waals surface area contributed by atoms with E-state index in [4.69, 9.17) is 0 Å². The Bertz CT molecular complexity index is 584. The maximum absolute atomic E-state index is 12.1. The molecular formula is C16H19NO2S. The van der Waals surface area contributed by atoms with E-state index < -0.39 is 6.10 Å². The number of aliphatic hydroxyl groups excluding tert-OH is 1. The van der Waals surface area contributed by atoms with E-state index in [0.29, 0.717) is 5.56 Å². The summed E-state index contributed by atoms with van der Waals surface area (Å²) >= 11 is 1.47. The van der Waals surface area contributed by atoms with Crippen LogP contribution in [0.15, 0.2) is 35.7 Å². The van der Waals surface area contributed by atoms with E-state index in [1.807, 2.05) is 23.6 Å². The molecular weight excluding hydrogens is 270 g/mol. The van der Waals surface area contributed by atoms with Crippen molar-refractivity contribution in [2.75, 3.05) is 0 Å². The van der Waals surface area contributed by atoms with Gasteiger partial charge < -0.3 is 5.11 Å². The Kier molecular flexibility index (Phi) is 4.35. The van der Waals surface area contributed by atoms with Gasteiger partial charge in [0.05, 0.1) is 12.1 Å². The van der Waals surface area contributed by atoms with Crippen molar-refractivity contribution in [3.8, 4) is 0 Å². The summed E-state index contributed by atoms with van der Waals surface area (Å²) in [6.07, 6.45) is -0.894. The second kappa shape index (κ2) is 5.85. The number of thiazole rings is 1. The molecule has 2 rings (SSSR count). The van der Waals surface area contributed by atoms with Gasteiger partial charge in [-0.3, -0.25) is 4.79 Å². The zero-order chi connectivity index (χ0) is 14.8. The molecule has 1 unspecified atom stereocenters. The number of aromatic nitrogens is 1. The molecule has 0 bridgehead atoms. The summed E-state index contributed by atoms with van der Waals surface area (Å²) in [7, 11) is 0. The van der Waals surface area contributed by atoms with Crippen LogP contribution in [-0.2, 0) is 16.6 Å². The molecule has 0 fully saturated rings. The first-order chi connectivity index (χ1) is 9.38. The number of Topliss-reactive ketones (excluding diaryl/α,β-unsaturated/α-hetero) is 1. The first-order valence-electron chi connectivity index (χ1n) is 6.58. The summed E-state index contributed by atoms with van der Waals surface area (Å²) in [6.45, 7) is 6.27. The van der Waals surface area contributed by atoms with Crippen LogP contribution < -0.4 is 0 Å². The van der Waals surface area contributed by atoms with E-state index in [9.17, 15) is 9.90 Å². The number of ketones is 1. The van der Waals surface area contributed by atoms with Crippen molar-refractivity contribution in [1.29, 1.82) is 0 Å². The number of benzene rings is 1. The van der Waals surface area contributed by atoms with Crippen molar-refractivity contribution in [3.63, 3.8) is 0 Å². The molecule has 1 heterocycles. The second-order valence-electron chi connectivity index (χ2n) is 5.83. The summed E-state index contributed by atoms with van der Waals surface area (Å²) in [5.74, 6) is -0.217. The monoisotopic (exact) mass is 289 g/mol. The average Bonchev–Trinajstić information content (AvgIpc) is 2.87. The minimum Gasteiger partial charge on any atom is -0.381 e. The maximum Gasteiger partial charge on any atom is 0.172 e. The summed E-state index contributed by atoms with van der Waals surface area (Å²) in [6, 6.07) is 8.99. The minimum absolute atomic E-state index is 0.0180. The summed E-state index contributed by atoms with van der Waals surface area (Å²) < 4.78 is 0. The fraction of sp³-hybridized carbons (Fsp3) is 0.375. The molecule has 0 saturated heterocycles. The Balaban J connectivity index is 2.07. The maximum atomic E-state index is 12.1. The van der Waals surface area contributed by atoms with Crippen LogP contribution >= 0.6 is 11.3 Å². The Morgan fingerprint density at radius 2 is 1.95 bits per heavy atom. The molecule has 0 radical (unpaired) electrons. The van der Waals surface area contributed by atoms with Crippen LogP contribution in [-0.4, -0.2) is 15.9 Å². The highest BCUT2D eigenvalue weighted by Gasteiger charge is 2.21. The largest absolute Gasteiger partial charge is 0.381 e. The zero-order valence-electron chi connectivity index (χ0n) is 12.0. The molecule has 0 amide bonds. The first-order valence-corrected chi connectivity index (χ1v) is 7.46. The molecule has 1 aromatic carbocycles. The summed E-state index contributed by atoms with van der Waals surface area (Å²) in [5, 5.41) is 12.8. The van der Waals surface area contributed by atoms with Gasteiger partial charge in [0.25, 0.3) is 0 Å². The lowest BCUT2D eigenvalue weighted by atomic mass is 9.93. The molecule has 1 N–H and O–H groups in total. The van der Waals surface area contributed by atoms with Crippen LogP contribution in [0.4, 0.5) is 0 Å². The molecule has 0 spiro atoms. The third-order valence-corrected chi connectivity index (χ3v) is 3.91. The van der Waals surface area contributed by atoms with Crippen LogP contribution in [0.2, 0.25) is 0 Å². The molecule has 1 aromatic heterocycles. The first kappa shape index (κ1) is 14.9. The lowest BCUT2D eigenvalue weighted by Crippen LogP contribution is -2.15. The van der Waals surface area contributed by atoms with Gasteiger partial charge in [-0.1, -0.05) is 51.1 Å². The molecule has 4 heteroatoms. The summed E-state index contributed by atoms with van der Waals surface area (Å²) in [4.78, 5) is 16.6. The number of hydrogen-bond acceptors (Lipinski definition) is 4. The Morgan fingerprint density at radius 1 is 1.30 bits per heavy atom. The Morgan fingerprint density at radius 3 is 2.50 bits per heavy atom. The quantitative estimate of drug-likeness (QED) is 0.939. The van der Waals surface area contributed by atoms with Crippen LogP contribution in [0.3, 0.4) is 0 Å². The lowest BCUT2D eigenvalue weighted by Gasteiger charge is -2.14. The third kappa shape index (κ3) is 3.52. The van der Waals surface area contributed by atoms with Gasteiger partial charge in [0.1, 0.15) is 11.1 Å². The van der Waals surface area contributed by atoms with Gasteiger partial charge in [-0.15, -0.1) is 11.3 Å². The number of aliphatic hydroxyl groups is 1. The highest BCUT2D eigenvalue weighted by Crippen LogP contribution is 2.25. The number of hydrogen-bond donors (Lipinski definition) is 1. The molecule has 3 nitrogen and oxygen atoms in total. The van der Waals surface area contributed by atoms with Crippen molar-refractivity contribution in [2.45, 2.75) is 38.7 Å². The molecule has 1 atom stereocenters. The molecule has 20 heavy (non-hydrogen) atoms. The third-order valence-electron chi connectivity index (χ3n) is 3.07. The van der Waals surface area contributed by atoms with E-state index in [1.54, 1.807) is 12.1 Å². The van der Waals surface area contributed by atoms with Crippen molar-refractivity contribution < 1.29 is 9.90 Å². The standard InChI is InChI=1S/C16H19NO2S/c1-16(2,3)13-10-20-14(17-13)9-12(18)15(19)11-7-5-4-6-8-11/h4-8,10,15,19H,9H2,1-3H3. The molecule has 106 valence electrons. The van der Waals surface area contributed by atoms with E-state index in [-0.39, 0.29) is 17.6 Å². The van der Waals surface area contributed by atoms with Gasteiger partial charge in [-0.2, -0.15) is 0 Å². The van der Waals surface area contributed by atoms with Crippen LogP contribution in [0.25, 0.3) is 0 Å². The van der Waals surface area contributed by atoms with Gasteiger partial charge in [-0.25, -0.2) is 4.98 Å². The van der Waals surface area contributed by atoms with E-state index in [0.717, 1.165) is 10.7 Å². The van der Waals surface area contributed by atoms with Crippen molar-refractivity contribution in [2.24, 2.45) is 0 Å². The van der Waals surface area contributed by atoms with Crippen molar-refractivity contribution in [1.82, 2.24) is 4.98 Å². The molecule has 0 aliphatic carbocycles. The second-order valence-corrected chi connectivity index (χ2v) is 6.78. The lowest BCUT2D eigenvalue weighted by molar-refractivity contribution is -0.126. The van der Waals surface area contributed by atoms with Gasteiger partial charge in [0.2, 0.25) is 0 Å². The molecule has 0 saturated carbocycles. The van der Waals surface area contributed by atoms with Crippen molar-refractivity contribution >= 4 is 17.1 Å². The minimum atomic E-state index is -1.07. The summed E-state index contributed by atoms with van der Waals surface area (Å²) in [5.41, 5.74) is 1.60. The van der Waals surface area contributed by atoms with E-state index >= 15 is 0 Å². The SMILES string of the molecule is CC(C)(C)c1csc(CC(=O)C(O)c2ccccc2)n1. The predicted octanol–water partition coefficient (Wildman–Crippen LogP) is 3.29. The van der Waals surface area contributed by atoms with Gasteiger partial charge in [0, 0.05) is 10.8 Å². The van der Waals surface area contributed by atoms with Gasteiger partial charge in [-0.05, 0) is 5.56 Å². The number of rotatable bonds is 4. The topological polar surface area (TPSA) is 50.2 Å². The average molecular weight is 289 g/mol. The Labute approximate surface area is 123 Å². The molecule has 2 aromatic rings. The van der Waals surface area contributed by atoms with Crippen LogP contribution in [0, 0.1) is 0 Å². The normalized spacial score (nSPS) is 13.2. The highest BCUT2D eigenvalue weighted by molar-refractivity contribution is 7.09. The van der Waals surface area contributed by atoms with Crippen LogP contribution in [0.5, 0.6) is 0 Å². The molecule has 0 aliphatic rings. The molecule has 0 aliphatic heterocycles. The fourth-order valence-electron chi connectivity index (χ4n) is 1.80. The highest BCUT2D eigenvalue weighted by atomic mass is 32.1. The number of carbonyl (C=O) groups excluding carboxylic acids is 1. The predicted molar refractivity (Wildman–Crippen MR) is 80.9 cm³/mol. The van der Waals surface area contributed by atoms with E-state index in [2.05, 4.69) is 25.8 Å². The number of carbonyl (C=O) groups is 1. The van der Waals surface area contributed by atoms with Gasteiger partial charge in [0.15, 0.2) is 5.78 Å². The fourth-order valence-corrected chi connectivity index (χ4v) is 2.83. The Hall–Kier alpha value is -1.52. The number of nitrogens with zero attached hydrogens (tertiary/aromatic N) is 1. The van der Waals surface area contributed by atoms with E-state index in [1.165, 1.54) is 11.3 Å². The van der Waals surface area contributed by atoms with Crippen LogP contribution in [0.1, 0.15) is 43.1 Å². The smallest absolute Gasteiger partial charge is 0.172 e. The zero-order valence-corrected chi connectivity index (χ0v) is 12.8.